The Bertz CT molecular complexity index is 965. The number of carbonyl (C=O) groups excluding carboxylic acids is 1. The minimum absolute atomic E-state index is 0.117. The average Bonchev–Trinajstić information content (AvgIpc) is 3.38. The van der Waals surface area contributed by atoms with Crippen LogP contribution in [0.4, 0.5) is 5.69 Å². The van der Waals surface area contributed by atoms with Crippen LogP contribution in [0.25, 0.3) is 0 Å². The van der Waals surface area contributed by atoms with Gasteiger partial charge < -0.3 is 24.8 Å². The fourth-order valence-electron chi connectivity index (χ4n) is 5.87. The van der Waals surface area contributed by atoms with E-state index >= 15 is 0 Å². The highest BCUT2D eigenvalue weighted by molar-refractivity contribution is 5.94. The zero-order chi connectivity index (χ0) is 24.0. The van der Waals surface area contributed by atoms with Crippen LogP contribution in [0.3, 0.4) is 0 Å². The Morgan fingerprint density at radius 1 is 0.943 bits per heavy atom. The molecule has 3 fully saturated rings. The van der Waals surface area contributed by atoms with Gasteiger partial charge in [0.25, 0.3) is 5.91 Å². The van der Waals surface area contributed by atoms with Crippen LogP contribution in [0.2, 0.25) is 0 Å². The van der Waals surface area contributed by atoms with Crippen LogP contribution >= 0.6 is 0 Å². The molecule has 6 nitrogen and oxygen atoms in total. The quantitative estimate of drug-likeness (QED) is 0.663. The average molecular weight is 477 g/mol. The second-order valence-corrected chi connectivity index (χ2v) is 10.3. The molecule has 1 amide bonds. The van der Waals surface area contributed by atoms with E-state index in [1.807, 2.05) is 17.0 Å². The molecule has 188 valence electrons. The number of hydrogen-bond donors (Lipinski definition) is 1. The molecule has 1 N–H and O–H groups in total. The number of anilines is 1. The predicted octanol–water partition coefficient (Wildman–Crippen LogP) is 3.52. The lowest BCUT2D eigenvalue weighted by molar-refractivity contribution is 0.0303. The normalized spacial score (nSPS) is 22.0. The van der Waals surface area contributed by atoms with Gasteiger partial charge in [-0.05, 0) is 74.0 Å². The van der Waals surface area contributed by atoms with Crippen LogP contribution in [0, 0.1) is 6.92 Å². The number of nitrogens with zero attached hydrogens (tertiary/aromatic N) is 3. The van der Waals surface area contributed by atoms with Gasteiger partial charge in [0.1, 0.15) is 0 Å². The summed E-state index contributed by atoms with van der Waals surface area (Å²) in [5.41, 5.74) is 4.97. The molecule has 3 heterocycles. The fraction of sp³-hybridized carbons (Fsp3) is 0.552. The van der Waals surface area contributed by atoms with E-state index in [0.717, 1.165) is 31.7 Å². The first-order chi connectivity index (χ1) is 17.2. The lowest BCUT2D eigenvalue weighted by Gasteiger charge is -2.34. The molecule has 1 atom stereocenters. The molecule has 35 heavy (non-hydrogen) atoms. The van der Waals surface area contributed by atoms with Gasteiger partial charge in [-0.25, -0.2) is 0 Å². The molecule has 3 saturated heterocycles. The van der Waals surface area contributed by atoms with Gasteiger partial charge in [-0.15, -0.1) is 0 Å². The zero-order valence-corrected chi connectivity index (χ0v) is 21.1. The first kappa shape index (κ1) is 24.3. The maximum atomic E-state index is 12.7. The highest BCUT2D eigenvalue weighted by atomic mass is 16.5. The van der Waals surface area contributed by atoms with Crippen molar-refractivity contribution in [3.63, 3.8) is 0 Å². The Labute approximate surface area is 210 Å². The maximum Gasteiger partial charge on any atom is 0.254 e. The molecular formula is C29H40N4O2. The first-order valence-corrected chi connectivity index (χ1v) is 13.4. The van der Waals surface area contributed by atoms with Crippen molar-refractivity contribution in [2.75, 3.05) is 70.5 Å². The first-order valence-electron chi connectivity index (χ1n) is 13.4. The number of aryl methyl sites for hydroxylation is 1. The standard InChI is InChI=1S/C29H40N4O2/c1-23-4-2-3-5-28(23)25-10-14-31(22-25)17-13-30-26-11-15-32(16-12-26)27-8-6-24(7-9-27)29(34)33-18-20-35-21-19-33/h2-9,25-26,30H,10-22H2,1H3. The second-order valence-electron chi connectivity index (χ2n) is 10.3. The third kappa shape index (κ3) is 6.05. The Hall–Kier alpha value is -2.41. The smallest absolute Gasteiger partial charge is 0.254 e. The lowest BCUT2D eigenvalue weighted by atomic mass is 9.94. The number of likely N-dealkylation sites (tertiary alicyclic amines) is 1. The van der Waals surface area contributed by atoms with Crippen molar-refractivity contribution < 1.29 is 9.53 Å². The summed E-state index contributed by atoms with van der Waals surface area (Å²) in [6, 6.07) is 17.7. The number of hydrogen-bond acceptors (Lipinski definition) is 5. The summed E-state index contributed by atoms with van der Waals surface area (Å²) in [5, 5.41) is 3.82. The highest BCUT2D eigenvalue weighted by Crippen LogP contribution is 2.29. The van der Waals surface area contributed by atoms with Crippen molar-refractivity contribution in [1.82, 2.24) is 15.1 Å². The third-order valence-electron chi connectivity index (χ3n) is 8.03. The van der Waals surface area contributed by atoms with Crippen LogP contribution in [0.5, 0.6) is 0 Å². The van der Waals surface area contributed by atoms with Crippen LogP contribution in [0.15, 0.2) is 48.5 Å². The van der Waals surface area contributed by atoms with Crippen molar-refractivity contribution in [3.05, 3.63) is 65.2 Å². The largest absolute Gasteiger partial charge is 0.378 e. The van der Waals surface area contributed by atoms with Crippen molar-refractivity contribution in [3.8, 4) is 0 Å². The predicted molar refractivity (Wildman–Crippen MR) is 141 cm³/mol. The van der Waals surface area contributed by atoms with E-state index in [-0.39, 0.29) is 5.91 Å². The highest BCUT2D eigenvalue weighted by Gasteiger charge is 2.25. The van der Waals surface area contributed by atoms with E-state index in [9.17, 15) is 4.79 Å². The minimum atomic E-state index is 0.117. The lowest BCUT2D eigenvalue weighted by Crippen LogP contribution is -2.44. The summed E-state index contributed by atoms with van der Waals surface area (Å²) in [6.07, 6.45) is 3.61. The van der Waals surface area contributed by atoms with E-state index in [4.69, 9.17) is 4.74 Å². The second kappa shape index (κ2) is 11.5. The van der Waals surface area contributed by atoms with E-state index in [0.29, 0.717) is 38.3 Å². The monoisotopic (exact) mass is 476 g/mol. The van der Waals surface area contributed by atoms with Gasteiger partial charge in [0, 0.05) is 63.1 Å². The van der Waals surface area contributed by atoms with Gasteiger partial charge >= 0.3 is 0 Å². The molecule has 2 aromatic carbocycles. The van der Waals surface area contributed by atoms with E-state index in [1.54, 1.807) is 0 Å². The van der Waals surface area contributed by atoms with Crippen molar-refractivity contribution in [2.45, 2.75) is 38.1 Å². The molecular weight excluding hydrogens is 436 g/mol. The molecule has 0 saturated carbocycles. The van der Waals surface area contributed by atoms with Gasteiger partial charge in [0.05, 0.1) is 13.2 Å². The number of nitrogens with one attached hydrogen (secondary N) is 1. The molecule has 5 rings (SSSR count). The molecule has 6 heteroatoms. The van der Waals surface area contributed by atoms with Crippen LogP contribution in [-0.2, 0) is 4.74 Å². The zero-order valence-electron chi connectivity index (χ0n) is 21.1. The number of ether oxygens (including phenoxy) is 1. The number of rotatable bonds is 7. The Morgan fingerprint density at radius 2 is 1.69 bits per heavy atom. The molecule has 1 unspecified atom stereocenters. The maximum absolute atomic E-state index is 12.7. The number of piperidine rings is 1. The minimum Gasteiger partial charge on any atom is -0.378 e. The van der Waals surface area contributed by atoms with Crippen LogP contribution < -0.4 is 10.2 Å². The van der Waals surface area contributed by atoms with Gasteiger partial charge in [-0.1, -0.05) is 24.3 Å². The summed E-state index contributed by atoms with van der Waals surface area (Å²) in [4.78, 5) is 19.6. The fourth-order valence-corrected chi connectivity index (χ4v) is 5.87. The summed E-state index contributed by atoms with van der Waals surface area (Å²) >= 11 is 0. The van der Waals surface area contributed by atoms with Gasteiger partial charge in [-0.3, -0.25) is 4.79 Å². The van der Waals surface area contributed by atoms with Crippen LogP contribution in [-0.4, -0.2) is 87.3 Å². The third-order valence-corrected chi connectivity index (χ3v) is 8.03. The molecule has 3 aliphatic rings. The number of benzene rings is 2. The Balaban J connectivity index is 1.02. The molecule has 0 aliphatic carbocycles. The Kier molecular flexibility index (Phi) is 8.02. The molecule has 2 aromatic rings. The Morgan fingerprint density at radius 3 is 2.43 bits per heavy atom. The van der Waals surface area contributed by atoms with E-state index in [2.05, 4.69) is 58.4 Å². The summed E-state index contributed by atoms with van der Waals surface area (Å²) in [5.74, 6) is 0.806. The number of morpholine rings is 1. The van der Waals surface area contributed by atoms with E-state index in [1.165, 1.54) is 49.2 Å². The van der Waals surface area contributed by atoms with Crippen molar-refractivity contribution >= 4 is 11.6 Å². The van der Waals surface area contributed by atoms with Crippen molar-refractivity contribution in [1.29, 1.82) is 0 Å². The summed E-state index contributed by atoms with van der Waals surface area (Å²) < 4.78 is 5.36. The van der Waals surface area contributed by atoms with Gasteiger partial charge in [0.2, 0.25) is 0 Å². The van der Waals surface area contributed by atoms with E-state index < -0.39 is 0 Å². The molecule has 0 spiro atoms. The van der Waals surface area contributed by atoms with Crippen molar-refractivity contribution in [2.24, 2.45) is 0 Å². The summed E-state index contributed by atoms with van der Waals surface area (Å²) in [6.45, 7) is 11.6. The van der Waals surface area contributed by atoms with Crippen LogP contribution in [0.1, 0.15) is 46.7 Å². The topological polar surface area (TPSA) is 48.0 Å². The molecule has 0 bridgehead atoms. The summed E-state index contributed by atoms with van der Waals surface area (Å²) in [7, 11) is 0. The van der Waals surface area contributed by atoms with Gasteiger partial charge in [-0.2, -0.15) is 0 Å². The van der Waals surface area contributed by atoms with Gasteiger partial charge in [0.15, 0.2) is 0 Å². The molecule has 0 radical (unpaired) electrons. The molecule has 3 aliphatic heterocycles. The SMILES string of the molecule is Cc1ccccc1C1CCN(CCNC2CCN(c3ccc(C(=O)N4CCOCC4)cc3)CC2)C1. The number of carbonyl (C=O) groups is 1. The number of amides is 1. The molecule has 0 aromatic heterocycles.